The van der Waals surface area contributed by atoms with E-state index in [-0.39, 0.29) is 81.9 Å². The topological polar surface area (TPSA) is 393 Å². The highest BCUT2D eigenvalue weighted by atomic mass is 32.2. The van der Waals surface area contributed by atoms with Gasteiger partial charge in [0.15, 0.2) is 0 Å². The van der Waals surface area contributed by atoms with Crippen molar-refractivity contribution in [2.75, 3.05) is 53.2 Å². The second kappa shape index (κ2) is 37.7. The van der Waals surface area contributed by atoms with Crippen molar-refractivity contribution in [3.8, 4) is 45.5 Å². The van der Waals surface area contributed by atoms with Gasteiger partial charge in [-0.1, -0.05) is 170 Å². The number of aliphatic carboxylic acids is 2. The molecular weight excluding hydrogens is 1630 g/mol. The number of fused-ring (bicyclic) bond motifs is 7. The Hall–Kier alpha value is -11.2. The average molecular weight is 1740 g/mol. The largest absolute Gasteiger partial charge is 0.497 e. The van der Waals surface area contributed by atoms with E-state index in [1.807, 2.05) is 163 Å². The summed E-state index contributed by atoms with van der Waals surface area (Å²) in [5, 5.41) is 39.4. The molecule has 8 amide bonds. The fraction of sp³-hybridized carbons (Fsp3) is 0.478. The lowest BCUT2D eigenvalue weighted by Crippen LogP contribution is -2.59. The zero-order valence-corrected chi connectivity index (χ0v) is 73.5. The molecule has 2 aromatic heterocycles. The molecule has 0 spiro atoms. The summed E-state index contributed by atoms with van der Waals surface area (Å²) in [5.41, 5.74) is 0.765. The lowest BCUT2D eigenvalue weighted by molar-refractivity contribution is -0.146. The zero-order chi connectivity index (χ0) is 88.8. The number of rotatable bonds is 20. The minimum absolute atomic E-state index is 0.00221. The monoisotopic (exact) mass is 1740 g/mol. The number of methoxy groups -OCH3 is 2. The molecule has 2 aliphatic carbocycles. The molecule has 124 heavy (non-hydrogen) atoms. The Morgan fingerprint density at radius 2 is 1.03 bits per heavy atom. The number of sulfonamides is 2. The number of carbonyl (C=O) groups excluding carboxylic acids is 6. The quantitative estimate of drug-likeness (QED) is 0.0329. The van der Waals surface area contributed by atoms with Crippen molar-refractivity contribution in [3.63, 3.8) is 0 Å². The summed E-state index contributed by atoms with van der Waals surface area (Å²) in [4.78, 5) is 125. The molecule has 14 rings (SSSR count). The highest BCUT2D eigenvalue weighted by Gasteiger charge is 2.63. The molecule has 5 aliphatic heterocycles. The van der Waals surface area contributed by atoms with Gasteiger partial charge in [0.25, 0.3) is 0 Å². The number of carboxylic acid groups (broad SMARTS) is 2. The van der Waals surface area contributed by atoms with E-state index in [4.69, 9.17) is 28.9 Å². The Kier molecular flexibility index (Phi) is 27.5. The van der Waals surface area contributed by atoms with Gasteiger partial charge in [0, 0.05) is 110 Å². The lowest BCUT2D eigenvalue weighted by Gasteiger charge is -2.35. The molecule has 8 N–H and O–H groups in total. The van der Waals surface area contributed by atoms with E-state index in [1.165, 1.54) is 25.5 Å². The van der Waals surface area contributed by atoms with Crippen LogP contribution in [-0.4, -0.2) is 216 Å². The Labute approximate surface area is 724 Å². The van der Waals surface area contributed by atoms with Gasteiger partial charge in [-0.2, -0.15) is 4.31 Å². The van der Waals surface area contributed by atoms with E-state index >= 15 is 0 Å². The van der Waals surface area contributed by atoms with E-state index in [1.54, 1.807) is 57.5 Å². The number of nitrogens with one attached hydrogen (secondary N) is 6. The molecule has 662 valence electrons. The first-order valence-corrected chi connectivity index (χ1v) is 45.7. The van der Waals surface area contributed by atoms with Crippen LogP contribution in [0.15, 0.2) is 163 Å². The Morgan fingerprint density at radius 3 is 1.45 bits per heavy atom. The third kappa shape index (κ3) is 20.6. The van der Waals surface area contributed by atoms with E-state index in [0.29, 0.717) is 87.4 Å². The third-order valence-corrected chi connectivity index (χ3v) is 28.6. The van der Waals surface area contributed by atoms with Crippen molar-refractivity contribution in [3.05, 3.63) is 163 Å². The van der Waals surface area contributed by atoms with Crippen LogP contribution in [0.3, 0.4) is 0 Å². The number of carbonyl (C=O) groups is 8. The molecular formula is C92H114N12O18S2. The lowest BCUT2D eigenvalue weighted by atomic mass is 9.86. The van der Waals surface area contributed by atoms with E-state index in [9.17, 15) is 65.4 Å². The Balaban J connectivity index is 0.000000214. The highest BCUT2D eigenvalue weighted by molar-refractivity contribution is 7.89. The van der Waals surface area contributed by atoms with Crippen LogP contribution >= 0.6 is 0 Å². The number of urea groups is 2. The molecule has 0 radical (unpaired) electrons. The predicted octanol–water partition coefficient (Wildman–Crippen LogP) is 11.1. The first kappa shape index (κ1) is 90.5. The Morgan fingerprint density at radius 1 is 0.597 bits per heavy atom. The van der Waals surface area contributed by atoms with Crippen LogP contribution in [-0.2, 0) is 55.4 Å². The molecule has 4 fully saturated rings. The van der Waals surface area contributed by atoms with E-state index in [2.05, 4.69) is 31.9 Å². The maximum absolute atomic E-state index is 15.0. The second-order valence-corrected chi connectivity index (χ2v) is 39.8. The standard InChI is InChI=1S/C48H56N6O9S.C44H58N6O9S/c1-47(2,3)42(29-53-27-31-17-13-14-20-41(31)64(53,60)61)51-46(59)50-36-19-12-7-5-6-11-18-32-26-48(32,45(57)58)52-43(55)39-24-34(28-54(39)44(36)56)63-40-25-37(30-15-9-8-10-16-30)49-38-23-33(62-4)21-22-35(38)40;1-7-60(56,57)49(5)27-38(43(2,3)4)47-42(55)46-33-19-15-10-8-9-14-18-29-25-44(29,41(53)54)48-39(51)36-23-31(26-50(36)40(33)52)59-37-24-34(28-16-12-11-13-17-28)45-35-22-30(58-6)20-21-32(35)37/h8-11,13-18,20-23,25,32,34,36,39,42H,5-7,12,19,24,26-29H2,1-4H3,(H,52,55)(H,57,58)(H2,50,51,59);11-14,16-18,20-22,24,29,31,33,36,38H,7-10,15,19,23,25-27H2,1-6H3,(H,48,51)(H,53,54)(H2,46,47,55)/b18-11-;18-14-/t32?,34-,36+,39+,42-,48-;29?,31-,33+,36+,38-,44-/m11/s1. The molecule has 7 aromatic rings. The summed E-state index contributed by atoms with van der Waals surface area (Å²) in [6.45, 7) is 13.1. The molecule has 5 aromatic carbocycles. The summed E-state index contributed by atoms with van der Waals surface area (Å²) >= 11 is 0. The van der Waals surface area contributed by atoms with Gasteiger partial charge in [0.2, 0.25) is 43.7 Å². The molecule has 7 heterocycles. The number of hydrogen-bond donors (Lipinski definition) is 8. The minimum Gasteiger partial charge on any atom is -0.497 e. The van der Waals surface area contributed by atoms with Crippen molar-refractivity contribution in [1.29, 1.82) is 0 Å². The second-order valence-electron chi connectivity index (χ2n) is 35.5. The Bertz CT molecular complexity index is 5460. The number of amides is 8. The van der Waals surface area contributed by atoms with Gasteiger partial charge in [-0.15, -0.1) is 0 Å². The van der Waals surface area contributed by atoms with Crippen molar-refractivity contribution in [2.24, 2.45) is 22.7 Å². The van der Waals surface area contributed by atoms with Crippen LogP contribution < -0.4 is 50.8 Å². The maximum Gasteiger partial charge on any atom is 0.330 e. The number of ether oxygens (including phenoxy) is 4. The number of likely N-dealkylation sites (N-methyl/N-ethyl adjacent to an activating group) is 1. The number of pyridine rings is 2. The average Bonchev–Trinajstić information content (AvgIpc) is 1.59. The molecule has 12 atom stereocenters. The molecule has 2 unspecified atom stereocenters. The van der Waals surface area contributed by atoms with Crippen LogP contribution in [0.1, 0.15) is 144 Å². The smallest absolute Gasteiger partial charge is 0.330 e. The van der Waals surface area contributed by atoms with Crippen LogP contribution in [0.25, 0.3) is 44.3 Å². The summed E-state index contributed by atoms with van der Waals surface area (Å²) in [6.07, 6.45) is 12.9. The number of allylic oxidation sites excluding steroid dienone is 2. The van der Waals surface area contributed by atoms with Gasteiger partial charge in [-0.3, -0.25) is 19.2 Å². The number of nitrogens with zero attached hydrogens (tertiary/aromatic N) is 6. The van der Waals surface area contributed by atoms with Gasteiger partial charge in [0.05, 0.1) is 60.4 Å². The van der Waals surface area contributed by atoms with Gasteiger partial charge in [-0.25, -0.2) is 50.3 Å². The summed E-state index contributed by atoms with van der Waals surface area (Å²) < 4.78 is 79.4. The first-order valence-electron chi connectivity index (χ1n) is 42.7. The highest BCUT2D eigenvalue weighted by Crippen LogP contribution is 2.48. The summed E-state index contributed by atoms with van der Waals surface area (Å²) in [7, 11) is -2.71. The van der Waals surface area contributed by atoms with E-state index < -0.39 is 150 Å². The van der Waals surface area contributed by atoms with Crippen LogP contribution in [0, 0.1) is 22.7 Å². The summed E-state index contributed by atoms with van der Waals surface area (Å²) in [6, 6.07) is 33.7. The van der Waals surface area contributed by atoms with E-state index in [0.717, 1.165) is 36.8 Å². The zero-order valence-electron chi connectivity index (χ0n) is 71.9. The number of hydrogen-bond acceptors (Lipinski definition) is 18. The molecule has 2 saturated carbocycles. The predicted molar refractivity (Wildman–Crippen MR) is 468 cm³/mol. The van der Waals surface area contributed by atoms with Crippen molar-refractivity contribution < 1.29 is 84.4 Å². The molecule has 2 saturated heterocycles. The van der Waals surface area contributed by atoms with Gasteiger partial charge in [-0.05, 0) is 105 Å². The number of aromatic nitrogens is 2. The fourth-order valence-electron chi connectivity index (χ4n) is 17.0. The van der Waals surface area contributed by atoms with Crippen molar-refractivity contribution in [2.45, 2.75) is 209 Å². The molecule has 30 nitrogen and oxygen atoms in total. The SMILES string of the molecule is CCS(=O)(=O)N(C)C[C@@H](NC(=O)N[C@H]1CCCCC/C=C\C2C[C@@]2(C(=O)O)NC(=O)[C@@H]2C[C@@H](Oc3cc(-c4ccccc4)nc4cc(OC)ccc34)CN2C1=O)C(C)(C)C.COc1ccc2c(O[C@@H]3C[C@H]4C(=O)N[C@]5(C(=O)O)CC5/C=C\CCCCC[C@H](NC(=O)N[C@H](CN5Cc6ccccc6S5(=O)=O)C(C)(C)C)C(=O)N4C3)cc(-c3ccccc3)nc2c1. The first-order chi connectivity index (χ1) is 59.0. The number of carboxylic acids is 2. The van der Waals surface area contributed by atoms with Gasteiger partial charge < -0.3 is 70.9 Å². The minimum atomic E-state index is -3.79. The summed E-state index contributed by atoms with van der Waals surface area (Å²) in [5.74, 6) is -3.26. The van der Waals surface area contributed by atoms with Gasteiger partial charge in [0.1, 0.15) is 70.5 Å². The van der Waals surface area contributed by atoms with Crippen LogP contribution in [0.5, 0.6) is 23.0 Å². The molecule has 32 heteroatoms. The normalized spacial score (nSPS) is 25.3. The fourth-order valence-corrected chi connectivity index (χ4v) is 19.5. The third-order valence-electron chi connectivity index (χ3n) is 24.8. The number of benzene rings is 5. The molecule has 7 aliphatic rings. The van der Waals surface area contributed by atoms with Crippen LogP contribution in [0.2, 0.25) is 0 Å². The van der Waals surface area contributed by atoms with Crippen molar-refractivity contribution >= 4 is 89.5 Å². The van der Waals surface area contributed by atoms with Gasteiger partial charge >= 0.3 is 24.0 Å². The maximum atomic E-state index is 15.0. The molecule has 0 bridgehead atoms. The van der Waals surface area contributed by atoms with Crippen LogP contribution in [0.4, 0.5) is 9.59 Å². The van der Waals surface area contributed by atoms with Crippen molar-refractivity contribution in [1.82, 2.24) is 60.3 Å².